The molecule has 6 nitrogen and oxygen atoms in total. The summed E-state index contributed by atoms with van der Waals surface area (Å²) in [5, 5.41) is 17.0. The molecule has 0 unspecified atom stereocenters. The molecule has 0 saturated carbocycles. The van der Waals surface area contributed by atoms with Crippen LogP contribution in [-0.2, 0) is 6.54 Å². The first kappa shape index (κ1) is 14.2. The molecule has 0 aliphatic heterocycles. The van der Waals surface area contributed by atoms with E-state index in [9.17, 15) is 4.79 Å². The summed E-state index contributed by atoms with van der Waals surface area (Å²) in [6.07, 6.45) is 0. The first-order valence-corrected chi connectivity index (χ1v) is 7.49. The number of nitrogens with zero attached hydrogens (tertiary/aromatic N) is 2. The van der Waals surface area contributed by atoms with Crippen molar-refractivity contribution >= 4 is 10.8 Å². The van der Waals surface area contributed by atoms with E-state index in [1.54, 1.807) is 0 Å². The van der Waals surface area contributed by atoms with Crippen molar-refractivity contribution in [1.82, 2.24) is 14.9 Å². The van der Waals surface area contributed by atoms with Gasteiger partial charge in [0.2, 0.25) is 0 Å². The monoisotopic (exact) mass is 318 g/mol. The Balaban J connectivity index is 1.96. The van der Waals surface area contributed by atoms with E-state index in [0.717, 1.165) is 22.0 Å². The summed E-state index contributed by atoms with van der Waals surface area (Å²) in [6.45, 7) is 0.211. The predicted molar refractivity (Wildman–Crippen MR) is 89.5 cm³/mol. The van der Waals surface area contributed by atoms with Gasteiger partial charge in [0.1, 0.15) is 12.0 Å². The third kappa shape index (κ3) is 2.44. The van der Waals surface area contributed by atoms with Gasteiger partial charge < -0.3 is 4.52 Å². The van der Waals surface area contributed by atoms with Crippen LogP contribution >= 0.6 is 0 Å². The summed E-state index contributed by atoms with van der Waals surface area (Å²) >= 11 is 0. The van der Waals surface area contributed by atoms with Crippen LogP contribution in [0.15, 0.2) is 70.0 Å². The largest absolute Gasteiger partial charge is 0.382 e. The van der Waals surface area contributed by atoms with Crippen molar-refractivity contribution in [2.75, 3.05) is 0 Å². The normalized spacial score (nSPS) is 11.0. The Labute approximate surface area is 136 Å². The van der Waals surface area contributed by atoms with Crippen molar-refractivity contribution in [3.63, 3.8) is 0 Å². The molecule has 0 fully saturated rings. The number of nitrogens with one attached hydrogen (secondary N) is 2. The minimum atomic E-state index is -0.304. The van der Waals surface area contributed by atoms with Gasteiger partial charge in [0.05, 0.1) is 5.69 Å². The molecule has 4 aromatic rings. The zero-order valence-corrected chi connectivity index (χ0v) is 12.7. The van der Waals surface area contributed by atoms with E-state index < -0.39 is 0 Å². The highest BCUT2D eigenvalue weighted by molar-refractivity contribution is 5.93. The average molecular weight is 318 g/mol. The Hall–Kier alpha value is -3.41. The molecule has 0 saturated heterocycles. The molecule has 2 aromatic heterocycles. The number of aromatic amines is 1. The van der Waals surface area contributed by atoms with Gasteiger partial charge >= 0.3 is 0 Å². The van der Waals surface area contributed by atoms with E-state index >= 15 is 0 Å². The molecule has 118 valence electrons. The molecule has 0 spiro atoms. The van der Waals surface area contributed by atoms with Crippen molar-refractivity contribution in [3.8, 4) is 11.3 Å². The molecule has 0 radical (unpaired) electrons. The SMILES string of the molecule is N=c1c2ccccc2c(-c2ccccc2)nn1Cc1cc(=O)[nH]o1. The van der Waals surface area contributed by atoms with E-state index in [1.165, 1.54) is 10.7 Å². The number of H-pyrrole nitrogens is 1. The van der Waals surface area contributed by atoms with Crippen molar-refractivity contribution in [2.24, 2.45) is 0 Å². The van der Waals surface area contributed by atoms with Gasteiger partial charge in [-0.2, -0.15) is 10.3 Å². The van der Waals surface area contributed by atoms with Gasteiger partial charge in [-0.15, -0.1) is 0 Å². The van der Waals surface area contributed by atoms with Crippen LogP contribution in [0, 0.1) is 5.41 Å². The number of benzene rings is 2. The predicted octanol–water partition coefficient (Wildman–Crippen LogP) is 2.51. The molecule has 0 atom stereocenters. The third-order valence-corrected chi connectivity index (χ3v) is 3.84. The van der Waals surface area contributed by atoms with Gasteiger partial charge in [-0.1, -0.05) is 54.6 Å². The Bertz CT molecular complexity index is 1120. The van der Waals surface area contributed by atoms with E-state index in [2.05, 4.69) is 10.3 Å². The Morgan fingerprint density at radius 3 is 2.46 bits per heavy atom. The highest BCUT2D eigenvalue weighted by Gasteiger charge is 2.11. The van der Waals surface area contributed by atoms with E-state index in [1.807, 2.05) is 54.6 Å². The second-order valence-corrected chi connectivity index (χ2v) is 5.45. The minimum Gasteiger partial charge on any atom is -0.382 e. The molecule has 6 heteroatoms. The highest BCUT2D eigenvalue weighted by Crippen LogP contribution is 2.24. The molecule has 0 bridgehead atoms. The van der Waals surface area contributed by atoms with Gasteiger partial charge in [-0.05, 0) is 0 Å². The van der Waals surface area contributed by atoms with E-state index in [0.29, 0.717) is 5.76 Å². The van der Waals surface area contributed by atoms with Crippen molar-refractivity contribution < 1.29 is 4.52 Å². The zero-order valence-electron chi connectivity index (χ0n) is 12.7. The smallest absolute Gasteiger partial charge is 0.280 e. The third-order valence-electron chi connectivity index (χ3n) is 3.84. The van der Waals surface area contributed by atoms with Crippen LogP contribution in [0.1, 0.15) is 5.76 Å². The molecule has 2 N–H and O–H groups in total. The maximum Gasteiger partial charge on any atom is 0.280 e. The lowest BCUT2D eigenvalue weighted by molar-refractivity contribution is 0.364. The van der Waals surface area contributed by atoms with Gasteiger partial charge in [0.25, 0.3) is 5.56 Å². The summed E-state index contributed by atoms with van der Waals surface area (Å²) in [6, 6.07) is 18.9. The highest BCUT2D eigenvalue weighted by atomic mass is 16.5. The first-order chi connectivity index (χ1) is 11.7. The van der Waals surface area contributed by atoms with Gasteiger partial charge in [0, 0.05) is 22.4 Å². The van der Waals surface area contributed by atoms with Gasteiger partial charge in [-0.3, -0.25) is 10.2 Å². The van der Waals surface area contributed by atoms with Crippen LogP contribution in [0.2, 0.25) is 0 Å². The fourth-order valence-electron chi connectivity index (χ4n) is 2.73. The standard InChI is InChI=1S/C18H14N4O2/c19-18-15-9-5-4-8-14(15)17(12-6-2-1-3-7-12)20-22(18)11-13-10-16(23)21-24-13/h1-10,19H,11H2,(H,21,23). The van der Waals surface area contributed by atoms with Crippen molar-refractivity contribution in [2.45, 2.75) is 6.54 Å². The van der Waals surface area contributed by atoms with E-state index in [4.69, 9.17) is 9.93 Å². The van der Waals surface area contributed by atoms with Crippen LogP contribution in [-0.4, -0.2) is 14.9 Å². The first-order valence-electron chi connectivity index (χ1n) is 7.49. The Kier molecular flexibility index (Phi) is 3.35. The lowest BCUT2D eigenvalue weighted by Gasteiger charge is -2.11. The van der Waals surface area contributed by atoms with Crippen LogP contribution in [0.4, 0.5) is 0 Å². The Morgan fingerprint density at radius 2 is 1.75 bits per heavy atom. The second-order valence-electron chi connectivity index (χ2n) is 5.45. The number of aromatic nitrogens is 3. The average Bonchev–Trinajstić information content (AvgIpc) is 3.03. The maximum absolute atomic E-state index is 11.2. The fourth-order valence-corrected chi connectivity index (χ4v) is 2.73. The summed E-state index contributed by atoms with van der Waals surface area (Å²) in [5.41, 5.74) is 1.73. The second kappa shape index (κ2) is 5.66. The fraction of sp³-hybridized carbons (Fsp3) is 0.0556. The topological polar surface area (TPSA) is 87.7 Å². The maximum atomic E-state index is 11.2. The number of hydrogen-bond donors (Lipinski definition) is 2. The number of rotatable bonds is 3. The molecular formula is C18H14N4O2. The molecule has 0 aliphatic carbocycles. The van der Waals surface area contributed by atoms with Gasteiger partial charge in [-0.25, -0.2) is 4.68 Å². The van der Waals surface area contributed by atoms with E-state index in [-0.39, 0.29) is 17.6 Å². The van der Waals surface area contributed by atoms with Gasteiger partial charge in [0.15, 0.2) is 5.76 Å². The lowest BCUT2D eigenvalue weighted by atomic mass is 10.1. The van der Waals surface area contributed by atoms with Crippen LogP contribution < -0.4 is 11.0 Å². The number of fused-ring (bicyclic) bond motifs is 1. The molecule has 2 aromatic carbocycles. The minimum absolute atomic E-state index is 0.211. The molecule has 2 heterocycles. The molecular weight excluding hydrogens is 304 g/mol. The molecule has 24 heavy (non-hydrogen) atoms. The lowest BCUT2D eigenvalue weighted by Crippen LogP contribution is -2.24. The molecule has 4 rings (SSSR count). The summed E-state index contributed by atoms with van der Waals surface area (Å²) in [5.74, 6) is 0.431. The quantitative estimate of drug-likeness (QED) is 0.608. The zero-order chi connectivity index (χ0) is 16.5. The van der Waals surface area contributed by atoms with Crippen LogP contribution in [0.3, 0.4) is 0 Å². The molecule has 0 amide bonds. The van der Waals surface area contributed by atoms with Crippen LogP contribution in [0.5, 0.6) is 0 Å². The summed E-state index contributed by atoms with van der Waals surface area (Å²) in [7, 11) is 0. The van der Waals surface area contributed by atoms with Crippen molar-refractivity contribution in [3.05, 3.63) is 82.3 Å². The number of hydrogen-bond acceptors (Lipinski definition) is 4. The van der Waals surface area contributed by atoms with Crippen molar-refractivity contribution in [1.29, 1.82) is 5.41 Å². The molecule has 0 aliphatic rings. The summed E-state index contributed by atoms with van der Waals surface area (Å²) < 4.78 is 6.64. The van der Waals surface area contributed by atoms with Crippen LogP contribution in [0.25, 0.3) is 22.0 Å². The summed E-state index contributed by atoms with van der Waals surface area (Å²) in [4.78, 5) is 11.2. The Morgan fingerprint density at radius 1 is 1.04 bits per heavy atom.